The van der Waals surface area contributed by atoms with Gasteiger partial charge >= 0.3 is 17.8 Å². The van der Waals surface area contributed by atoms with Crippen LogP contribution < -0.4 is 9.64 Å². The normalized spacial score (nSPS) is 24.7. The van der Waals surface area contributed by atoms with E-state index in [-0.39, 0.29) is 11.6 Å². The fraction of sp³-hybridized carbons (Fsp3) is 0.524. The van der Waals surface area contributed by atoms with Gasteiger partial charge in [0, 0.05) is 13.1 Å². The lowest BCUT2D eigenvalue weighted by Crippen LogP contribution is -2.49. The standard InChI is InChI=1S/C21H25N3O5/c1-29-17-8-6-16(7-9-17)24-20(27)19(26)23(21(24)28)13-18(25)22-11-10-14-4-2-3-5-15(14)12-22/h6-9,14-15H,2-5,10-13H2,1H3/t14-,15+/m1/s1. The number of piperidine rings is 1. The maximum absolute atomic E-state index is 12.8. The first-order valence-electron chi connectivity index (χ1n) is 10.1. The number of rotatable bonds is 4. The highest BCUT2D eigenvalue weighted by atomic mass is 16.5. The number of likely N-dealkylation sites (tertiary alicyclic amines) is 1. The zero-order valence-corrected chi connectivity index (χ0v) is 16.5. The predicted molar refractivity (Wildman–Crippen MR) is 104 cm³/mol. The number of amides is 5. The molecule has 1 aromatic carbocycles. The number of nitrogens with zero attached hydrogens (tertiary/aromatic N) is 3. The summed E-state index contributed by atoms with van der Waals surface area (Å²) in [6, 6.07) is 5.47. The molecule has 8 nitrogen and oxygen atoms in total. The quantitative estimate of drug-likeness (QED) is 0.571. The third-order valence-corrected chi connectivity index (χ3v) is 6.32. The summed E-state index contributed by atoms with van der Waals surface area (Å²) in [6.07, 6.45) is 5.77. The van der Waals surface area contributed by atoms with Gasteiger partial charge in [0.1, 0.15) is 12.3 Å². The van der Waals surface area contributed by atoms with Crippen molar-refractivity contribution in [3.05, 3.63) is 24.3 Å². The molecule has 0 radical (unpaired) electrons. The van der Waals surface area contributed by atoms with E-state index in [1.165, 1.54) is 38.5 Å². The molecule has 154 valence electrons. The average Bonchev–Trinajstić information content (AvgIpc) is 2.96. The van der Waals surface area contributed by atoms with E-state index in [1.54, 1.807) is 17.0 Å². The van der Waals surface area contributed by atoms with E-state index in [0.717, 1.165) is 22.6 Å². The summed E-state index contributed by atoms with van der Waals surface area (Å²) in [5.41, 5.74) is 0.270. The maximum Gasteiger partial charge on any atom is 0.339 e. The third-order valence-electron chi connectivity index (χ3n) is 6.32. The van der Waals surface area contributed by atoms with Gasteiger partial charge in [-0.3, -0.25) is 14.4 Å². The zero-order valence-electron chi connectivity index (χ0n) is 16.5. The van der Waals surface area contributed by atoms with Gasteiger partial charge in [-0.25, -0.2) is 14.6 Å². The van der Waals surface area contributed by atoms with E-state index in [0.29, 0.717) is 30.7 Å². The van der Waals surface area contributed by atoms with Crippen molar-refractivity contribution in [1.29, 1.82) is 0 Å². The van der Waals surface area contributed by atoms with E-state index in [4.69, 9.17) is 4.74 Å². The van der Waals surface area contributed by atoms with Crippen LogP contribution in [0.25, 0.3) is 0 Å². The molecule has 2 heterocycles. The summed E-state index contributed by atoms with van der Waals surface area (Å²) in [6.45, 7) is 0.926. The Bertz CT molecular complexity index is 837. The second-order valence-corrected chi connectivity index (χ2v) is 7.95. The van der Waals surface area contributed by atoms with Crippen molar-refractivity contribution in [1.82, 2.24) is 9.80 Å². The topological polar surface area (TPSA) is 87.2 Å². The Labute approximate surface area is 169 Å². The van der Waals surface area contributed by atoms with Crippen LogP contribution in [0.1, 0.15) is 32.1 Å². The number of fused-ring (bicyclic) bond motifs is 1. The second-order valence-electron chi connectivity index (χ2n) is 7.95. The smallest absolute Gasteiger partial charge is 0.339 e. The van der Waals surface area contributed by atoms with E-state index >= 15 is 0 Å². The molecular weight excluding hydrogens is 374 g/mol. The molecule has 8 heteroatoms. The molecule has 3 aliphatic rings. The summed E-state index contributed by atoms with van der Waals surface area (Å²) in [5.74, 6) is -0.443. The minimum Gasteiger partial charge on any atom is -0.497 e. The lowest BCUT2D eigenvalue weighted by molar-refractivity contribution is -0.143. The summed E-state index contributed by atoms with van der Waals surface area (Å²) in [5, 5.41) is 0. The third kappa shape index (κ3) is 3.59. The molecule has 0 aromatic heterocycles. The molecule has 3 fully saturated rings. The molecule has 0 N–H and O–H groups in total. The van der Waals surface area contributed by atoms with Crippen molar-refractivity contribution in [3.63, 3.8) is 0 Å². The van der Waals surface area contributed by atoms with E-state index in [9.17, 15) is 19.2 Å². The molecular formula is C21H25N3O5. The van der Waals surface area contributed by atoms with Crippen molar-refractivity contribution in [2.75, 3.05) is 31.6 Å². The van der Waals surface area contributed by atoms with Gasteiger partial charge in [-0.2, -0.15) is 0 Å². The first kappa shape index (κ1) is 19.4. The highest BCUT2D eigenvalue weighted by Gasteiger charge is 2.47. The summed E-state index contributed by atoms with van der Waals surface area (Å²) in [7, 11) is 1.51. The summed E-state index contributed by atoms with van der Waals surface area (Å²) < 4.78 is 5.07. The number of carbonyl (C=O) groups is 4. The number of hydrogen-bond acceptors (Lipinski definition) is 5. The molecule has 0 bridgehead atoms. The first-order chi connectivity index (χ1) is 14.0. The minimum atomic E-state index is -0.966. The number of urea groups is 1. The number of methoxy groups -OCH3 is 1. The Kier molecular flexibility index (Phi) is 5.25. The van der Waals surface area contributed by atoms with Crippen molar-refractivity contribution in [3.8, 4) is 5.75 Å². The number of hydrogen-bond donors (Lipinski definition) is 0. The maximum atomic E-state index is 12.8. The van der Waals surface area contributed by atoms with Gasteiger partial charge < -0.3 is 9.64 Å². The van der Waals surface area contributed by atoms with Gasteiger partial charge in [0.15, 0.2) is 0 Å². The predicted octanol–water partition coefficient (Wildman–Crippen LogP) is 2.03. The fourth-order valence-electron chi connectivity index (χ4n) is 4.67. The number of carbonyl (C=O) groups excluding carboxylic acids is 4. The molecule has 2 aliphatic heterocycles. The molecule has 4 rings (SSSR count). The number of anilines is 1. The van der Waals surface area contributed by atoms with Gasteiger partial charge in [-0.1, -0.05) is 19.3 Å². The summed E-state index contributed by atoms with van der Waals surface area (Å²) in [4.78, 5) is 53.6. The lowest BCUT2D eigenvalue weighted by Gasteiger charge is -2.41. The molecule has 1 saturated carbocycles. The number of benzene rings is 1. The van der Waals surface area contributed by atoms with Crippen LogP contribution in [0.4, 0.5) is 10.5 Å². The van der Waals surface area contributed by atoms with Crippen LogP contribution >= 0.6 is 0 Å². The Balaban J connectivity index is 1.44. The molecule has 5 amide bonds. The minimum absolute atomic E-state index is 0.270. The van der Waals surface area contributed by atoms with Crippen LogP contribution in [0.2, 0.25) is 0 Å². The average molecular weight is 399 g/mol. The Morgan fingerprint density at radius 3 is 2.38 bits per heavy atom. The van der Waals surface area contributed by atoms with Gasteiger partial charge in [0.05, 0.1) is 12.8 Å². The summed E-state index contributed by atoms with van der Waals surface area (Å²) >= 11 is 0. The highest BCUT2D eigenvalue weighted by molar-refractivity contribution is 6.53. The van der Waals surface area contributed by atoms with E-state index in [2.05, 4.69) is 0 Å². The van der Waals surface area contributed by atoms with E-state index < -0.39 is 24.4 Å². The highest BCUT2D eigenvalue weighted by Crippen LogP contribution is 2.36. The molecule has 2 atom stereocenters. The van der Waals surface area contributed by atoms with Crippen molar-refractivity contribution in [2.24, 2.45) is 11.8 Å². The van der Waals surface area contributed by atoms with Crippen molar-refractivity contribution >= 4 is 29.4 Å². The molecule has 1 aliphatic carbocycles. The molecule has 29 heavy (non-hydrogen) atoms. The fourth-order valence-corrected chi connectivity index (χ4v) is 4.67. The van der Waals surface area contributed by atoms with Crippen molar-refractivity contribution < 1.29 is 23.9 Å². The Hall–Kier alpha value is -2.90. The Morgan fingerprint density at radius 2 is 1.69 bits per heavy atom. The van der Waals surface area contributed by atoms with Crippen molar-refractivity contribution in [2.45, 2.75) is 32.1 Å². The van der Waals surface area contributed by atoms with Crippen LogP contribution in [0.5, 0.6) is 5.75 Å². The SMILES string of the molecule is COc1ccc(N2C(=O)C(=O)N(CC(=O)N3CC[C@H]4CCCC[C@H]4C3)C2=O)cc1. The lowest BCUT2D eigenvalue weighted by atomic mass is 9.75. The van der Waals surface area contributed by atoms with E-state index in [1.807, 2.05) is 0 Å². The number of imide groups is 2. The first-order valence-corrected chi connectivity index (χ1v) is 10.1. The van der Waals surface area contributed by atoms with Crippen LogP contribution in [-0.2, 0) is 14.4 Å². The van der Waals surface area contributed by atoms with Gasteiger partial charge in [-0.15, -0.1) is 0 Å². The zero-order chi connectivity index (χ0) is 20.5. The molecule has 2 saturated heterocycles. The van der Waals surface area contributed by atoms with Gasteiger partial charge in [0.2, 0.25) is 5.91 Å². The van der Waals surface area contributed by atoms with Crippen LogP contribution in [-0.4, -0.2) is 60.3 Å². The molecule has 0 spiro atoms. The monoisotopic (exact) mass is 399 g/mol. The van der Waals surface area contributed by atoms with Crippen LogP contribution in [0.15, 0.2) is 24.3 Å². The largest absolute Gasteiger partial charge is 0.497 e. The van der Waals surface area contributed by atoms with Gasteiger partial charge in [0.25, 0.3) is 0 Å². The van der Waals surface area contributed by atoms with Crippen LogP contribution in [0.3, 0.4) is 0 Å². The second kappa shape index (κ2) is 7.85. The molecule has 1 aromatic rings. The van der Waals surface area contributed by atoms with Crippen LogP contribution in [0, 0.1) is 11.8 Å². The Morgan fingerprint density at radius 1 is 1.00 bits per heavy atom. The number of ether oxygens (including phenoxy) is 1. The van der Waals surface area contributed by atoms with Gasteiger partial charge in [-0.05, 0) is 48.9 Å². The molecule has 0 unspecified atom stereocenters.